The third-order valence-corrected chi connectivity index (χ3v) is 12.0. The summed E-state index contributed by atoms with van der Waals surface area (Å²) in [4.78, 5) is 14.1. The number of nitrogens with one attached hydrogen (secondary N) is 1. The van der Waals surface area contributed by atoms with E-state index in [1.54, 1.807) is 62.3 Å². The summed E-state index contributed by atoms with van der Waals surface area (Å²) in [6.07, 6.45) is -9.88. The lowest BCUT2D eigenvalue weighted by Crippen LogP contribution is -2.61. The SMILES string of the molecule is CC[C@H]1OC(=O)[C@H](C)[C@@H](O[C@@H]2C[C@@](C)(OC)[C@@H](O)[C@H](C)O2)[C@H](C)[C@@H](O[C@@H]2O[C@H](C)C[C@H](NC[C@@H](C)O)[C@H]2O)[C@](C)(O)C[C@@H](C)[C@H](O)[C@H](C)[C@@H](O)[C@H]1C. The van der Waals surface area contributed by atoms with Crippen LogP contribution in [-0.4, -0.2) is 141 Å². The average molecular weight is 750 g/mol. The Balaban J connectivity index is 2.13. The number of aliphatic hydroxyl groups is 6. The molecule has 3 rings (SSSR count). The van der Waals surface area contributed by atoms with Crippen molar-refractivity contribution in [2.45, 2.75) is 193 Å². The van der Waals surface area contributed by atoms with E-state index >= 15 is 0 Å². The van der Waals surface area contributed by atoms with Crippen LogP contribution in [0.4, 0.5) is 0 Å². The topological polar surface area (TPSA) is 206 Å². The number of esters is 1. The van der Waals surface area contributed by atoms with Crippen molar-refractivity contribution in [3.63, 3.8) is 0 Å². The zero-order valence-electron chi connectivity index (χ0n) is 33.5. The molecule has 0 saturated carbocycles. The third-order valence-electron chi connectivity index (χ3n) is 12.0. The van der Waals surface area contributed by atoms with Crippen LogP contribution in [0.25, 0.3) is 0 Å². The molecule has 7 N–H and O–H groups in total. The van der Waals surface area contributed by atoms with Gasteiger partial charge in [-0.05, 0) is 66.7 Å². The van der Waals surface area contributed by atoms with E-state index in [-0.39, 0.29) is 25.5 Å². The molecule has 0 aromatic rings. The fraction of sp³-hybridized carbons (Fsp3) is 0.974. The highest BCUT2D eigenvalue weighted by Gasteiger charge is 2.52. The van der Waals surface area contributed by atoms with Crippen molar-refractivity contribution in [2.24, 2.45) is 29.6 Å². The molecular weight excluding hydrogens is 678 g/mol. The van der Waals surface area contributed by atoms with Gasteiger partial charge in [-0.2, -0.15) is 0 Å². The van der Waals surface area contributed by atoms with Crippen molar-refractivity contribution in [1.29, 1.82) is 0 Å². The second-order valence-electron chi connectivity index (χ2n) is 16.8. The van der Waals surface area contributed by atoms with E-state index in [9.17, 15) is 35.4 Å². The molecular formula is C38H71NO13. The van der Waals surface area contributed by atoms with E-state index < -0.39 is 120 Å². The molecule has 0 aliphatic carbocycles. The quantitative estimate of drug-likeness (QED) is 0.168. The van der Waals surface area contributed by atoms with E-state index in [4.69, 9.17) is 28.4 Å². The molecule has 52 heavy (non-hydrogen) atoms. The van der Waals surface area contributed by atoms with Gasteiger partial charge in [0.05, 0.1) is 59.8 Å². The summed E-state index contributed by atoms with van der Waals surface area (Å²) in [6, 6.07) is -0.491. The maximum absolute atomic E-state index is 14.1. The minimum atomic E-state index is -1.71. The van der Waals surface area contributed by atoms with Crippen LogP contribution in [0.15, 0.2) is 0 Å². The van der Waals surface area contributed by atoms with Crippen LogP contribution in [0, 0.1) is 29.6 Å². The number of methoxy groups -OCH3 is 1. The minimum absolute atomic E-state index is 0.0182. The minimum Gasteiger partial charge on any atom is -0.462 e. The van der Waals surface area contributed by atoms with Gasteiger partial charge in [-0.25, -0.2) is 0 Å². The van der Waals surface area contributed by atoms with E-state index in [2.05, 4.69) is 5.32 Å². The van der Waals surface area contributed by atoms with Crippen LogP contribution < -0.4 is 5.32 Å². The number of rotatable bonds is 9. The highest BCUT2D eigenvalue weighted by atomic mass is 16.7. The lowest BCUT2D eigenvalue weighted by Gasteiger charge is -2.49. The summed E-state index contributed by atoms with van der Waals surface area (Å²) in [5.74, 6) is -4.00. The summed E-state index contributed by atoms with van der Waals surface area (Å²) in [6.45, 7) is 19.4. The molecule has 14 nitrogen and oxygen atoms in total. The predicted molar refractivity (Wildman–Crippen MR) is 192 cm³/mol. The first-order valence-electron chi connectivity index (χ1n) is 19.3. The largest absolute Gasteiger partial charge is 0.462 e. The first kappa shape index (κ1) is 45.4. The highest BCUT2D eigenvalue weighted by Crippen LogP contribution is 2.40. The number of hydrogen-bond donors (Lipinski definition) is 7. The maximum atomic E-state index is 14.1. The molecule has 0 aromatic carbocycles. The Morgan fingerprint density at radius 2 is 1.54 bits per heavy atom. The number of ether oxygens (including phenoxy) is 6. The first-order chi connectivity index (χ1) is 24.1. The van der Waals surface area contributed by atoms with Gasteiger partial charge in [0.15, 0.2) is 12.6 Å². The van der Waals surface area contributed by atoms with Gasteiger partial charge in [-0.1, -0.05) is 34.6 Å². The Labute approximate surface area is 310 Å². The summed E-state index contributed by atoms with van der Waals surface area (Å²) in [5, 5.41) is 70.9. The number of hydrogen-bond acceptors (Lipinski definition) is 14. The fourth-order valence-electron chi connectivity index (χ4n) is 8.57. The summed E-state index contributed by atoms with van der Waals surface area (Å²) in [7, 11) is 1.50. The second-order valence-corrected chi connectivity index (χ2v) is 16.8. The van der Waals surface area contributed by atoms with Gasteiger partial charge >= 0.3 is 5.97 Å². The molecule has 0 radical (unpaired) electrons. The standard InChI is InChI=1S/C38H71NO13/c1-13-27-21(5)30(42)22(6)29(41)18(2)15-37(10,46)34(52-36-31(43)26(14-20(4)48-36)39-17-19(3)40)23(7)32(24(8)35(45)50-27)51-28-16-38(11,47-12)33(44)25(9)49-28/h18-34,36,39-44,46H,13-17H2,1-12H3/t18-,19-,20-,21+,22+,23+,24-,25+,26+,27-,28-,29+,30+,31-,32+,33+,34-,36+,37-,38-/m1/s1. The Bertz CT molecular complexity index is 1110. The van der Waals surface area contributed by atoms with Gasteiger partial charge in [0.25, 0.3) is 0 Å². The lowest BCUT2D eigenvalue weighted by molar-refractivity contribution is -0.316. The van der Waals surface area contributed by atoms with Crippen molar-refractivity contribution >= 4 is 5.97 Å². The van der Waals surface area contributed by atoms with Crippen LogP contribution in [0.2, 0.25) is 0 Å². The molecule has 306 valence electrons. The zero-order chi connectivity index (χ0) is 39.5. The van der Waals surface area contributed by atoms with Crippen molar-refractivity contribution in [1.82, 2.24) is 5.32 Å². The van der Waals surface area contributed by atoms with Gasteiger partial charge in [0.1, 0.15) is 18.3 Å². The Kier molecular flexibility index (Phi) is 16.4. The monoisotopic (exact) mass is 749 g/mol. The molecule has 3 heterocycles. The van der Waals surface area contributed by atoms with Crippen LogP contribution >= 0.6 is 0 Å². The van der Waals surface area contributed by atoms with Crippen molar-refractivity contribution in [3.05, 3.63) is 0 Å². The smallest absolute Gasteiger partial charge is 0.311 e. The van der Waals surface area contributed by atoms with Crippen molar-refractivity contribution in [3.8, 4) is 0 Å². The molecule has 3 fully saturated rings. The predicted octanol–water partition coefficient (Wildman–Crippen LogP) is 1.87. The number of carbonyl (C=O) groups is 1. The molecule has 0 unspecified atom stereocenters. The van der Waals surface area contributed by atoms with Crippen LogP contribution in [0.1, 0.15) is 102 Å². The molecule has 0 amide bonds. The Hall–Kier alpha value is -1.01. The van der Waals surface area contributed by atoms with Crippen molar-refractivity contribution < 1.29 is 63.9 Å². The van der Waals surface area contributed by atoms with E-state index in [0.29, 0.717) is 12.8 Å². The van der Waals surface area contributed by atoms with Gasteiger partial charge < -0.3 is 64.4 Å². The molecule has 3 aliphatic rings. The molecule has 0 aromatic heterocycles. The number of carbonyl (C=O) groups excluding carboxylic acids is 1. The summed E-state index contributed by atoms with van der Waals surface area (Å²) < 4.78 is 37.4. The normalized spacial score (nSPS) is 49.5. The van der Waals surface area contributed by atoms with E-state index in [0.717, 1.165) is 0 Å². The fourth-order valence-corrected chi connectivity index (χ4v) is 8.57. The van der Waals surface area contributed by atoms with E-state index in [1.807, 2.05) is 13.8 Å². The van der Waals surface area contributed by atoms with Gasteiger partial charge in [-0.15, -0.1) is 0 Å². The van der Waals surface area contributed by atoms with Crippen molar-refractivity contribution in [2.75, 3.05) is 13.7 Å². The molecule has 0 spiro atoms. The van der Waals surface area contributed by atoms with Crippen LogP contribution in [0.3, 0.4) is 0 Å². The summed E-state index contributed by atoms with van der Waals surface area (Å²) >= 11 is 0. The third kappa shape index (κ3) is 10.6. The molecule has 20 atom stereocenters. The number of cyclic esters (lactones) is 1. The number of aliphatic hydroxyl groups excluding tert-OH is 5. The second kappa shape index (κ2) is 18.8. The molecule has 3 aliphatic heterocycles. The van der Waals surface area contributed by atoms with Crippen LogP contribution in [0.5, 0.6) is 0 Å². The van der Waals surface area contributed by atoms with Gasteiger partial charge in [0.2, 0.25) is 0 Å². The Morgan fingerprint density at radius 1 is 0.904 bits per heavy atom. The van der Waals surface area contributed by atoms with Crippen LogP contribution in [-0.2, 0) is 33.2 Å². The first-order valence-corrected chi connectivity index (χ1v) is 19.3. The zero-order valence-corrected chi connectivity index (χ0v) is 33.5. The average Bonchev–Trinajstić information content (AvgIpc) is 3.08. The van der Waals surface area contributed by atoms with Gasteiger partial charge in [-0.3, -0.25) is 4.79 Å². The maximum Gasteiger partial charge on any atom is 0.311 e. The lowest BCUT2D eigenvalue weighted by atomic mass is 9.74. The van der Waals surface area contributed by atoms with E-state index in [1.165, 1.54) is 7.11 Å². The Morgan fingerprint density at radius 3 is 2.12 bits per heavy atom. The summed E-state index contributed by atoms with van der Waals surface area (Å²) in [5.41, 5.74) is -2.73. The van der Waals surface area contributed by atoms with Gasteiger partial charge in [0, 0.05) is 43.9 Å². The highest BCUT2D eigenvalue weighted by molar-refractivity contribution is 5.73. The molecule has 14 heteroatoms. The molecule has 3 saturated heterocycles. The molecule has 0 bridgehead atoms.